The average Bonchev–Trinajstić information content (AvgIpc) is 2.83. The second kappa shape index (κ2) is 9.80. The predicted octanol–water partition coefficient (Wildman–Crippen LogP) is 2.93. The topological polar surface area (TPSA) is 110 Å². The molecule has 0 radical (unpaired) electrons. The van der Waals surface area contributed by atoms with Crippen LogP contribution in [0, 0.1) is 5.82 Å². The van der Waals surface area contributed by atoms with Crippen LogP contribution in [0.2, 0.25) is 5.02 Å². The van der Waals surface area contributed by atoms with Crippen molar-refractivity contribution >= 4 is 34.1 Å². The number of nitrogens with zero attached hydrogens (tertiary/aromatic N) is 2. The molecule has 0 saturated carbocycles. The molecule has 3 heterocycles. The van der Waals surface area contributed by atoms with Gasteiger partial charge in [0.05, 0.1) is 34.8 Å². The third-order valence-corrected chi connectivity index (χ3v) is 7.50. The third kappa shape index (κ3) is 4.96. The van der Waals surface area contributed by atoms with E-state index < -0.39 is 17.0 Å². The molecule has 1 aromatic heterocycles. The Morgan fingerprint density at radius 3 is 2.86 bits per heavy atom. The summed E-state index contributed by atoms with van der Waals surface area (Å²) in [6.07, 6.45) is 2.02. The van der Waals surface area contributed by atoms with Crippen molar-refractivity contribution in [1.82, 2.24) is 20.2 Å². The molecule has 4 N–H and O–H groups in total. The van der Waals surface area contributed by atoms with E-state index in [4.69, 9.17) is 11.6 Å². The molecular formula is C26H29ClFN5O3. The van der Waals surface area contributed by atoms with Crippen molar-refractivity contribution in [3.63, 3.8) is 0 Å². The molecule has 0 bridgehead atoms. The van der Waals surface area contributed by atoms with E-state index in [1.807, 2.05) is 25.1 Å². The highest BCUT2D eigenvalue weighted by atomic mass is 35.5. The van der Waals surface area contributed by atoms with Gasteiger partial charge in [-0.15, -0.1) is 0 Å². The van der Waals surface area contributed by atoms with Gasteiger partial charge < -0.3 is 25.6 Å². The van der Waals surface area contributed by atoms with Gasteiger partial charge >= 0.3 is 0 Å². The maximum atomic E-state index is 14.8. The highest BCUT2D eigenvalue weighted by molar-refractivity contribution is 6.30. The van der Waals surface area contributed by atoms with E-state index in [1.54, 1.807) is 4.90 Å². The number of aromatic nitrogens is 2. The van der Waals surface area contributed by atoms with Gasteiger partial charge in [0.2, 0.25) is 5.91 Å². The van der Waals surface area contributed by atoms with Gasteiger partial charge in [-0.1, -0.05) is 17.7 Å². The summed E-state index contributed by atoms with van der Waals surface area (Å²) in [7, 11) is 0. The van der Waals surface area contributed by atoms with Gasteiger partial charge in [-0.3, -0.25) is 9.59 Å². The van der Waals surface area contributed by atoms with Gasteiger partial charge in [0, 0.05) is 18.0 Å². The largest absolute Gasteiger partial charge is 0.389 e. The minimum atomic E-state index is -0.947. The van der Waals surface area contributed by atoms with Crippen LogP contribution in [0.5, 0.6) is 0 Å². The van der Waals surface area contributed by atoms with Crippen molar-refractivity contribution in [2.75, 3.05) is 31.5 Å². The summed E-state index contributed by atoms with van der Waals surface area (Å²) in [6.45, 7) is 3.80. The summed E-state index contributed by atoms with van der Waals surface area (Å²) in [5.41, 5.74) is 1.18. The van der Waals surface area contributed by atoms with E-state index in [9.17, 15) is 19.1 Å². The number of amides is 1. The van der Waals surface area contributed by atoms with Crippen molar-refractivity contribution < 1.29 is 14.3 Å². The zero-order chi connectivity index (χ0) is 25.4. The molecule has 1 saturated heterocycles. The van der Waals surface area contributed by atoms with E-state index in [-0.39, 0.29) is 36.0 Å². The number of piperidine rings is 1. The molecule has 5 rings (SSSR count). The average molecular weight is 514 g/mol. The predicted molar refractivity (Wildman–Crippen MR) is 137 cm³/mol. The van der Waals surface area contributed by atoms with E-state index in [2.05, 4.69) is 20.6 Å². The Bertz CT molecular complexity index is 1370. The lowest BCUT2D eigenvalue weighted by Gasteiger charge is -2.35. The Balaban J connectivity index is 1.32. The Morgan fingerprint density at radius 2 is 2.08 bits per heavy atom. The number of carbonyl (C=O) groups excluding carboxylic acids is 1. The number of halogens is 2. The summed E-state index contributed by atoms with van der Waals surface area (Å²) in [4.78, 5) is 34.5. The molecule has 2 aliphatic rings. The number of fused-ring (bicyclic) bond motifs is 2. The molecule has 2 aliphatic heterocycles. The van der Waals surface area contributed by atoms with Crippen molar-refractivity contribution in [3.8, 4) is 0 Å². The Morgan fingerprint density at radius 1 is 1.31 bits per heavy atom. The van der Waals surface area contributed by atoms with Crippen LogP contribution in [0.3, 0.4) is 0 Å². The summed E-state index contributed by atoms with van der Waals surface area (Å²) >= 11 is 6.10. The summed E-state index contributed by atoms with van der Waals surface area (Å²) < 4.78 is 14.8. The Kier molecular flexibility index (Phi) is 6.72. The van der Waals surface area contributed by atoms with Crippen LogP contribution in [-0.2, 0) is 17.6 Å². The lowest BCUT2D eigenvalue weighted by atomic mass is 9.89. The highest BCUT2D eigenvalue weighted by Crippen LogP contribution is 2.31. The van der Waals surface area contributed by atoms with Gasteiger partial charge in [0.1, 0.15) is 11.6 Å². The number of carbonyl (C=O) groups is 1. The number of anilines is 1. The van der Waals surface area contributed by atoms with Crippen molar-refractivity contribution in [1.29, 1.82) is 0 Å². The molecule has 0 aliphatic carbocycles. The first-order valence-corrected chi connectivity index (χ1v) is 12.6. The van der Waals surface area contributed by atoms with E-state index in [1.165, 1.54) is 6.07 Å². The fourth-order valence-corrected chi connectivity index (χ4v) is 5.42. The smallest absolute Gasteiger partial charge is 0.258 e. The first-order chi connectivity index (χ1) is 17.2. The second-order valence-electron chi connectivity index (χ2n) is 9.72. The van der Waals surface area contributed by atoms with Crippen LogP contribution in [0.25, 0.3) is 10.9 Å². The molecule has 1 atom stereocenters. The molecule has 0 spiro atoms. The summed E-state index contributed by atoms with van der Waals surface area (Å²) in [5, 5.41) is 17.7. The lowest BCUT2D eigenvalue weighted by molar-refractivity contribution is -0.131. The molecule has 10 heteroatoms. The van der Waals surface area contributed by atoms with Crippen molar-refractivity contribution in [2.45, 2.75) is 44.2 Å². The van der Waals surface area contributed by atoms with Gasteiger partial charge in [-0.25, -0.2) is 9.37 Å². The first kappa shape index (κ1) is 24.7. The Hall–Kier alpha value is -3.01. The SMILES string of the molecule is C[C@H]1c2ccc(Cl)cc2CCN1C(=O)CNc1cc2nc(CC3(O)CCNCC3)[nH]c(=O)c2cc1F. The summed E-state index contributed by atoms with van der Waals surface area (Å²) in [5.74, 6) is -0.444. The molecule has 2 aromatic carbocycles. The van der Waals surface area contributed by atoms with E-state index in [0.717, 1.165) is 17.2 Å². The van der Waals surface area contributed by atoms with Gasteiger partial charge in [-0.05, 0) is 74.7 Å². The van der Waals surface area contributed by atoms with Crippen molar-refractivity contribution in [2.24, 2.45) is 0 Å². The molecule has 0 unspecified atom stereocenters. The zero-order valence-corrected chi connectivity index (χ0v) is 20.8. The zero-order valence-electron chi connectivity index (χ0n) is 20.0. The molecule has 190 valence electrons. The number of H-pyrrole nitrogens is 1. The molecule has 1 amide bonds. The lowest BCUT2D eigenvalue weighted by Crippen LogP contribution is -2.44. The number of hydrogen-bond donors (Lipinski definition) is 4. The maximum Gasteiger partial charge on any atom is 0.258 e. The van der Waals surface area contributed by atoms with Crippen LogP contribution < -0.4 is 16.2 Å². The van der Waals surface area contributed by atoms with Crippen LogP contribution in [0.1, 0.15) is 42.8 Å². The minimum absolute atomic E-state index is 0.0947. The van der Waals surface area contributed by atoms with Gasteiger partial charge in [0.25, 0.3) is 5.56 Å². The van der Waals surface area contributed by atoms with Gasteiger partial charge in [-0.2, -0.15) is 0 Å². The standard InChI is InChI=1S/C26H29ClFN5O3/c1-15-18-3-2-17(27)10-16(18)4-9-33(15)24(34)14-30-22-12-21-19(11-20(22)28)25(35)32-23(31-21)13-26(36)5-7-29-8-6-26/h2-3,10-12,15,29-30,36H,4-9,13-14H2,1H3,(H,31,32,35)/t15-/m0/s1. The second-order valence-corrected chi connectivity index (χ2v) is 10.2. The maximum absolute atomic E-state index is 14.8. The number of rotatable bonds is 5. The van der Waals surface area contributed by atoms with Gasteiger partial charge in [0.15, 0.2) is 0 Å². The molecular weight excluding hydrogens is 485 g/mol. The number of aliphatic hydroxyl groups is 1. The van der Waals surface area contributed by atoms with Crippen LogP contribution >= 0.6 is 11.6 Å². The molecule has 8 nitrogen and oxygen atoms in total. The van der Waals surface area contributed by atoms with E-state index in [0.29, 0.717) is 55.3 Å². The quantitative estimate of drug-likeness (QED) is 0.417. The number of nitrogens with one attached hydrogen (secondary N) is 3. The summed E-state index contributed by atoms with van der Waals surface area (Å²) in [6, 6.07) is 8.15. The Labute approximate surface area is 212 Å². The number of hydrogen-bond acceptors (Lipinski definition) is 6. The fourth-order valence-electron chi connectivity index (χ4n) is 5.22. The number of benzene rings is 2. The van der Waals surface area contributed by atoms with Crippen LogP contribution in [-0.4, -0.2) is 57.7 Å². The molecule has 3 aromatic rings. The van der Waals surface area contributed by atoms with Crippen molar-refractivity contribution in [3.05, 3.63) is 68.5 Å². The normalized spacial score (nSPS) is 19.2. The third-order valence-electron chi connectivity index (χ3n) is 7.27. The molecule has 36 heavy (non-hydrogen) atoms. The number of aromatic amines is 1. The highest BCUT2D eigenvalue weighted by Gasteiger charge is 2.31. The monoisotopic (exact) mass is 513 g/mol. The van der Waals surface area contributed by atoms with E-state index >= 15 is 0 Å². The minimum Gasteiger partial charge on any atom is -0.389 e. The first-order valence-electron chi connectivity index (χ1n) is 12.2. The molecule has 1 fully saturated rings. The van der Waals surface area contributed by atoms with Crippen LogP contribution in [0.4, 0.5) is 10.1 Å². The van der Waals surface area contributed by atoms with Crippen LogP contribution in [0.15, 0.2) is 35.1 Å². The fraction of sp³-hybridized carbons (Fsp3) is 0.423.